The Bertz CT molecular complexity index is 1240. The molecule has 2 aliphatic heterocycles. The van der Waals surface area contributed by atoms with Crippen LogP contribution in [0.1, 0.15) is 15.9 Å². The van der Waals surface area contributed by atoms with Gasteiger partial charge in [-0.25, -0.2) is 4.98 Å². The van der Waals surface area contributed by atoms with Gasteiger partial charge in [0.25, 0.3) is 5.91 Å². The second-order valence-electron chi connectivity index (χ2n) is 8.84. The molecular formula is C25H27F3N4O3S. The number of ether oxygens (including phenoxy) is 2. The highest BCUT2D eigenvalue weighted by Gasteiger charge is 2.37. The number of benzene rings is 1. The van der Waals surface area contributed by atoms with E-state index in [2.05, 4.69) is 16.0 Å². The number of nitrogens with zero attached hydrogens (tertiary/aromatic N) is 4. The lowest BCUT2D eigenvalue weighted by molar-refractivity contribution is -0.141. The Morgan fingerprint density at radius 1 is 1.17 bits per heavy atom. The van der Waals surface area contributed by atoms with E-state index in [0.717, 1.165) is 65.3 Å². The summed E-state index contributed by atoms with van der Waals surface area (Å²) in [6.45, 7) is 3.28. The van der Waals surface area contributed by atoms with Gasteiger partial charge in [0.1, 0.15) is 17.9 Å². The highest BCUT2D eigenvalue weighted by Crippen LogP contribution is 2.35. The number of aromatic nitrogens is 2. The maximum Gasteiger partial charge on any atom is 0.406 e. The number of methoxy groups -OCH3 is 1. The molecule has 192 valence electrons. The molecule has 2 aliphatic rings. The van der Waals surface area contributed by atoms with Gasteiger partial charge in [-0.1, -0.05) is 0 Å². The van der Waals surface area contributed by atoms with Crippen molar-refractivity contribution in [2.75, 3.05) is 58.8 Å². The van der Waals surface area contributed by atoms with Gasteiger partial charge in [0.2, 0.25) is 0 Å². The molecule has 0 atom stereocenters. The minimum atomic E-state index is -4.45. The molecule has 0 unspecified atom stereocenters. The molecule has 0 saturated carbocycles. The number of pyridine rings is 1. The van der Waals surface area contributed by atoms with Crippen LogP contribution in [-0.4, -0.2) is 90.1 Å². The SMILES string of the molecule is COc1cc(-c2cnc3cc(SCCN4CCOCC4)ccn23)cc2c1C(=O)N(CC(F)(F)F)CC2. The van der Waals surface area contributed by atoms with Gasteiger partial charge in [-0.15, -0.1) is 11.8 Å². The van der Waals surface area contributed by atoms with Crippen LogP contribution in [0.5, 0.6) is 5.75 Å². The van der Waals surface area contributed by atoms with Gasteiger partial charge >= 0.3 is 6.18 Å². The molecule has 1 aromatic carbocycles. The summed E-state index contributed by atoms with van der Waals surface area (Å²) in [6, 6.07) is 7.65. The lowest BCUT2D eigenvalue weighted by atomic mass is 9.94. The molecule has 0 bridgehead atoms. The lowest BCUT2D eigenvalue weighted by Crippen LogP contribution is -2.43. The quantitative estimate of drug-likeness (QED) is 0.439. The van der Waals surface area contributed by atoms with Gasteiger partial charge in [0, 0.05) is 48.6 Å². The fraction of sp³-hybridized carbons (Fsp3) is 0.440. The van der Waals surface area contributed by atoms with Gasteiger partial charge in [-0.2, -0.15) is 13.2 Å². The Morgan fingerprint density at radius 2 is 1.97 bits per heavy atom. The molecule has 1 saturated heterocycles. The molecule has 5 rings (SSSR count). The number of imidazole rings is 1. The van der Waals surface area contributed by atoms with Crippen molar-refractivity contribution in [3.63, 3.8) is 0 Å². The zero-order chi connectivity index (χ0) is 25.3. The Kier molecular flexibility index (Phi) is 7.14. The van der Waals surface area contributed by atoms with E-state index in [1.165, 1.54) is 7.11 Å². The molecule has 0 spiro atoms. The van der Waals surface area contributed by atoms with Crippen molar-refractivity contribution in [1.82, 2.24) is 19.2 Å². The highest BCUT2D eigenvalue weighted by molar-refractivity contribution is 7.99. The molecule has 11 heteroatoms. The normalized spacial score (nSPS) is 17.0. The number of carbonyl (C=O) groups excluding carboxylic acids is 1. The van der Waals surface area contributed by atoms with E-state index in [9.17, 15) is 18.0 Å². The van der Waals surface area contributed by atoms with Crippen LogP contribution in [0, 0.1) is 0 Å². The summed E-state index contributed by atoms with van der Waals surface area (Å²) in [5.74, 6) is 0.587. The second kappa shape index (κ2) is 10.3. The van der Waals surface area contributed by atoms with Crippen molar-refractivity contribution < 1.29 is 27.4 Å². The highest BCUT2D eigenvalue weighted by atomic mass is 32.2. The molecule has 2 aromatic heterocycles. The Hall–Kier alpha value is -2.76. The average molecular weight is 521 g/mol. The van der Waals surface area contributed by atoms with Crippen LogP contribution in [-0.2, 0) is 11.2 Å². The summed E-state index contributed by atoms with van der Waals surface area (Å²) in [5.41, 5.74) is 3.29. The first-order chi connectivity index (χ1) is 17.3. The third kappa shape index (κ3) is 5.33. The van der Waals surface area contributed by atoms with E-state index in [1.807, 2.05) is 22.7 Å². The number of hydrogen-bond donors (Lipinski definition) is 0. The molecule has 36 heavy (non-hydrogen) atoms. The number of thioether (sulfide) groups is 1. The molecule has 0 aliphatic carbocycles. The maximum absolute atomic E-state index is 12.9. The molecule has 3 aromatic rings. The molecule has 0 N–H and O–H groups in total. The van der Waals surface area contributed by atoms with Gasteiger partial charge in [0.05, 0.1) is 37.8 Å². The number of hydrogen-bond acceptors (Lipinski definition) is 6. The fourth-order valence-corrected chi connectivity index (χ4v) is 5.62. The number of rotatable bonds is 7. The van der Waals surface area contributed by atoms with Crippen molar-refractivity contribution in [1.29, 1.82) is 0 Å². The Labute approximate surface area is 211 Å². The Balaban J connectivity index is 1.36. The van der Waals surface area contributed by atoms with Gasteiger partial charge in [0.15, 0.2) is 0 Å². The first-order valence-corrected chi connectivity index (χ1v) is 12.8. The van der Waals surface area contributed by atoms with Gasteiger partial charge in [-0.05, 0) is 36.2 Å². The van der Waals surface area contributed by atoms with Crippen molar-refractivity contribution in [3.8, 4) is 17.0 Å². The number of carbonyl (C=O) groups is 1. The average Bonchev–Trinajstić information content (AvgIpc) is 3.28. The first kappa shape index (κ1) is 24.9. The van der Waals surface area contributed by atoms with E-state index in [0.29, 0.717) is 12.0 Å². The second-order valence-corrected chi connectivity index (χ2v) is 10.0. The zero-order valence-electron chi connectivity index (χ0n) is 19.9. The first-order valence-electron chi connectivity index (χ1n) is 11.8. The monoisotopic (exact) mass is 520 g/mol. The van der Waals surface area contributed by atoms with Crippen molar-refractivity contribution >= 4 is 23.3 Å². The van der Waals surface area contributed by atoms with Crippen LogP contribution in [0.4, 0.5) is 13.2 Å². The van der Waals surface area contributed by atoms with Crippen LogP contribution in [0.15, 0.2) is 41.6 Å². The lowest BCUT2D eigenvalue weighted by Gasteiger charge is -2.30. The molecule has 1 amide bonds. The zero-order valence-corrected chi connectivity index (χ0v) is 20.7. The third-order valence-electron chi connectivity index (χ3n) is 6.49. The third-order valence-corrected chi connectivity index (χ3v) is 7.46. The summed E-state index contributed by atoms with van der Waals surface area (Å²) < 4.78 is 51.5. The van der Waals surface area contributed by atoms with E-state index < -0.39 is 18.6 Å². The predicted molar refractivity (Wildman–Crippen MR) is 131 cm³/mol. The number of halogens is 3. The molecule has 0 radical (unpaired) electrons. The number of amides is 1. The summed E-state index contributed by atoms with van der Waals surface area (Å²) >= 11 is 1.78. The minimum absolute atomic E-state index is 0.0101. The molecule has 7 nitrogen and oxygen atoms in total. The van der Waals surface area contributed by atoms with Crippen LogP contribution in [0.3, 0.4) is 0 Å². The van der Waals surface area contributed by atoms with Crippen molar-refractivity contribution in [2.24, 2.45) is 0 Å². The number of alkyl halides is 3. The van der Waals surface area contributed by atoms with Crippen LogP contribution < -0.4 is 4.74 Å². The van der Waals surface area contributed by atoms with Gasteiger partial charge in [-0.3, -0.25) is 14.1 Å². The number of fused-ring (bicyclic) bond motifs is 2. The summed E-state index contributed by atoms with van der Waals surface area (Å²) in [5, 5.41) is 0. The van der Waals surface area contributed by atoms with E-state index in [1.54, 1.807) is 24.0 Å². The maximum atomic E-state index is 12.9. The topological polar surface area (TPSA) is 59.3 Å². The largest absolute Gasteiger partial charge is 0.496 e. The van der Waals surface area contributed by atoms with Crippen molar-refractivity contribution in [3.05, 3.63) is 47.8 Å². The molecule has 4 heterocycles. The van der Waals surface area contributed by atoms with Crippen molar-refractivity contribution in [2.45, 2.75) is 17.5 Å². The smallest absolute Gasteiger partial charge is 0.406 e. The Morgan fingerprint density at radius 3 is 2.72 bits per heavy atom. The van der Waals surface area contributed by atoms with Crippen LogP contribution >= 0.6 is 11.8 Å². The molecular weight excluding hydrogens is 493 g/mol. The standard InChI is InChI=1S/C25H27F3N4O3S/c1-34-21-13-18(12-17-2-4-31(16-25(26,27)28)24(33)23(17)21)20-15-29-22-14-19(3-5-32(20)22)36-11-8-30-6-9-35-10-7-30/h3,5,12-15H,2,4,6-11,16H2,1H3. The van der Waals surface area contributed by atoms with E-state index in [4.69, 9.17) is 9.47 Å². The minimum Gasteiger partial charge on any atom is -0.496 e. The predicted octanol–water partition coefficient (Wildman–Crippen LogP) is 3.99. The van der Waals surface area contributed by atoms with Crippen LogP contribution in [0.25, 0.3) is 16.9 Å². The summed E-state index contributed by atoms with van der Waals surface area (Å²) in [7, 11) is 1.42. The number of morpholine rings is 1. The summed E-state index contributed by atoms with van der Waals surface area (Å²) in [6.07, 6.45) is -0.394. The van der Waals surface area contributed by atoms with E-state index in [-0.39, 0.29) is 17.9 Å². The van der Waals surface area contributed by atoms with Gasteiger partial charge < -0.3 is 14.4 Å². The van der Waals surface area contributed by atoms with E-state index >= 15 is 0 Å². The fourth-order valence-electron chi connectivity index (χ4n) is 4.69. The molecule has 1 fully saturated rings. The van der Waals surface area contributed by atoms with Crippen LogP contribution in [0.2, 0.25) is 0 Å². The summed E-state index contributed by atoms with van der Waals surface area (Å²) in [4.78, 5) is 21.8.